The summed E-state index contributed by atoms with van der Waals surface area (Å²) in [5.74, 6) is -0.0817. The first-order valence-corrected chi connectivity index (χ1v) is 10.4. The average molecular weight is 502 g/mol. The van der Waals surface area contributed by atoms with Gasteiger partial charge in [0.1, 0.15) is 11.5 Å². The number of para-hydroxylation sites is 1. The summed E-state index contributed by atoms with van der Waals surface area (Å²) in [6.45, 7) is 1.62. The van der Waals surface area contributed by atoms with Crippen LogP contribution in [0.1, 0.15) is 22.8 Å². The topological polar surface area (TPSA) is 77.0 Å². The molecule has 3 aromatic rings. The van der Waals surface area contributed by atoms with Gasteiger partial charge in [-0.05, 0) is 67.6 Å². The summed E-state index contributed by atoms with van der Waals surface area (Å²) in [5, 5.41) is 4.48. The molecule has 0 aliphatic carbocycles. The lowest BCUT2D eigenvalue weighted by molar-refractivity contribution is -0.127. The molecule has 8 heteroatoms. The van der Waals surface area contributed by atoms with E-state index in [1.807, 2.05) is 12.1 Å². The van der Waals surface area contributed by atoms with Crippen LogP contribution in [0, 0.1) is 0 Å². The second kappa shape index (κ2) is 10.7. The number of hydrogen-bond donors (Lipinski definition) is 1. The monoisotopic (exact) mass is 500 g/mol. The minimum Gasteiger partial charge on any atom is -0.481 e. The molecule has 1 N–H and O–H groups in total. The van der Waals surface area contributed by atoms with E-state index in [9.17, 15) is 9.59 Å². The van der Waals surface area contributed by atoms with Crippen molar-refractivity contribution in [3.05, 3.63) is 93.4 Å². The van der Waals surface area contributed by atoms with Gasteiger partial charge in [-0.2, -0.15) is 5.10 Å². The van der Waals surface area contributed by atoms with Crippen LogP contribution in [0.2, 0.25) is 5.02 Å². The van der Waals surface area contributed by atoms with Gasteiger partial charge in [0.15, 0.2) is 6.10 Å². The van der Waals surface area contributed by atoms with Crippen LogP contribution < -0.4 is 14.9 Å². The Hall–Kier alpha value is -3.16. The summed E-state index contributed by atoms with van der Waals surface area (Å²) < 4.78 is 11.9. The van der Waals surface area contributed by atoms with Crippen molar-refractivity contribution in [2.45, 2.75) is 13.0 Å². The van der Waals surface area contributed by atoms with Gasteiger partial charge >= 0.3 is 5.97 Å². The second-order valence-corrected chi connectivity index (χ2v) is 7.73. The van der Waals surface area contributed by atoms with E-state index < -0.39 is 18.0 Å². The van der Waals surface area contributed by atoms with E-state index in [0.717, 1.165) is 4.47 Å². The first kappa shape index (κ1) is 22.5. The summed E-state index contributed by atoms with van der Waals surface area (Å²) in [5.41, 5.74) is 3.31. The van der Waals surface area contributed by atoms with Gasteiger partial charge in [-0.25, -0.2) is 10.2 Å². The number of nitrogens with one attached hydrogen (secondary N) is 1. The van der Waals surface area contributed by atoms with E-state index >= 15 is 0 Å². The maximum Gasteiger partial charge on any atom is 0.343 e. The molecular formula is C23H18BrClN2O4. The maximum absolute atomic E-state index is 12.3. The molecule has 0 aromatic heterocycles. The van der Waals surface area contributed by atoms with Crippen molar-refractivity contribution in [3.8, 4) is 11.5 Å². The Morgan fingerprint density at radius 3 is 2.42 bits per heavy atom. The Morgan fingerprint density at radius 2 is 1.71 bits per heavy atom. The number of halogens is 2. The van der Waals surface area contributed by atoms with Crippen molar-refractivity contribution in [2.24, 2.45) is 5.10 Å². The summed E-state index contributed by atoms with van der Waals surface area (Å²) >= 11 is 9.19. The summed E-state index contributed by atoms with van der Waals surface area (Å²) in [4.78, 5) is 24.6. The quantitative estimate of drug-likeness (QED) is 0.208. The first-order valence-electron chi connectivity index (χ1n) is 9.24. The molecule has 31 heavy (non-hydrogen) atoms. The van der Waals surface area contributed by atoms with Gasteiger partial charge in [-0.15, -0.1) is 0 Å². The van der Waals surface area contributed by atoms with Crippen molar-refractivity contribution in [3.63, 3.8) is 0 Å². The number of hydrogen-bond acceptors (Lipinski definition) is 5. The number of esters is 1. The van der Waals surface area contributed by atoms with E-state index in [1.54, 1.807) is 67.6 Å². The van der Waals surface area contributed by atoms with Crippen molar-refractivity contribution in [1.82, 2.24) is 5.43 Å². The number of rotatable bonds is 7. The third kappa shape index (κ3) is 6.67. The van der Waals surface area contributed by atoms with Gasteiger partial charge in [-0.1, -0.05) is 39.7 Å². The SMILES string of the molecule is CC(Oc1ccc(Br)cc1)C(=O)N/N=C/c1ccccc1OC(=O)c1ccc(Cl)cc1. The van der Waals surface area contributed by atoms with Gasteiger partial charge in [-0.3, -0.25) is 4.79 Å². The molecule has 0 bridgehead atoms. The molecule has 0 spiro atoms. The minimum absolute atomic E-state index is 0.305. The number of carbonyl (C=O) groups is 2. The molecule has 3 aromatic carbocycles. The number of hydrazone groups is 1. The lowest BCUT2D eigenvalue weighted by Gasteiger charge is -2.13. The van der Waals surface area contributed by atoms with Gasteiger partial charge in [0.25, 0.3) is 5.91 Å². The highest BCUT2D eigenvalue weighted by Crippen LogP contribution is 2.19. The number of amides is 1. The van der Waals surface area contributed by atoms with Crippen molar-refractivity contribution in [1.29, 1.82) is 0 Å². The molecule has 0 radical (unpaired) electrons. The standard InChI is InChI=1S/C23H18BrClN2O4/c1-15(30-20-12-8-18(24)9-13-20)22(28)27-26-14-17-4-2-3-5-21(17)31-23(29)16-6-10-19(25)11-7-16/h2-15H,1H3,(H,27,28)/b26-14+. The van der Waals surface area contributed by atoms with Crippen molar-refractivity contribution < 1.29 is 19.1 Å². The Labute approximate surface area is 193 Å². The van der Waals surface area contributed by atoms with Crippen LogP contribution in [0.3, 0.4) is 0 Å². The lowest BCUT2D eigenvalue weighted by Crippen LogP contribution is -2.33. The van der Waals surface area contributed by atoms with E-state index in [2.05, 4.69) is 26.5 Å². The van der Waals surface area contributed by atoms with Gasteiger partial charge in [0.2, 0.25) is 0 Å². The minimum atomic E-state index is -0.753. The molecule has 0 fully saturated rings. The fourth-order valence-electron chi connectivity index (χ4n) is 2.45. The smallest absolute Gasteiger partial charge is 0.343 e. The van der Waals surface area contributed by atoms with E-state index in [0.29, 0.717) is 27.6 Å². The van der Waals surface area contributed by atoms with Crippen LogP contribution in [-0.4, -0.2) is 24.2 Å². The van der Waals surface area contributed by atoms with E-state index in [1.165, 1.54) is 6.21 Å². The zero-order chi connectivity index (χ0) is 22.2. The molecule has 3 rings (SSSR count). The van der Waals surface area contributed by atoms with Crippen LogP contribution in [0.5, 0.6) is 11.5 Å². The number of benzene rings is 3. The number of nitrogens with zero attached hydrogens (tertiary/aromatic N) is 1. The van der Waals surface area contributed by atoms with Crippen molar-refractivity contribution in [2.75, 3.05) is 0 Å². The average Bonchev–Trinajstić information content (AvgIpc) is 2.76. The summed E-state index contributed by atoms with van der Waals surface area (Å²) in [6.07, 6.45) is 0.644. The Balaban J connectivity index is 1.60. The summed E-state index contributed by atoms with van der Waals surface area (Å²) in [6, 6.07) is 20.4. The van der Waals surface area contributed by atoms with Crippen LogP contribution >= 0.6 is 27.5 Å². The zero-order valence-electron chi connectivity index (χ0n) is 16.4. The molecule has 6 nitrogen and oxygen atoms in total. The Morgan fingerprint density at radius 1 is 1.03 bits per heavy atom. The number of ether oxygens (including phenoxy) is 2. The summed E-state index contributed by atoms with van der Waals surface area (Å²) in [7, 11) is 0. The molecule has 1 amide bonds. The molecule has 158 valence electrons. The first-order chi connectivity index (χ1) is 14.9. The maximum atomic E-state index is 12.3. The third-order valence-corrected chi connectivity index (χ3v) is 4.86. The highest BCUT2D eigenvalue weighted by atomic mass is 79.9. The van der Waals surface area contributed by atoms with Crippen molar-refractivity contribution >= 4 is 45.6 Å². The molecule has 0 saturated carbocycles. The van der Waals surface area contributed by atoms with Crippen LogP contribution in [0.15, 0.2) is 82.4 Å². The van der Waals surface area contributed by atoms with Gasteiger partial charge in [0, 0.05) is 15.1 Å². The largest absolute Gasteiger partial charge is 0.481 e. The molecule has 1 atom stereocenters. The van der Waals surface area contributed by atoms with Crippen LogP contribution in [0.4, 0.5) is 0 Å². The molecule has 1 unspecified atom stereocenters. The van der Waals surface area contributed by atoms with Gasteiger partial charge < -0.3 is 9.47 Å². The highest BCUT2D eigenvalue weighted by Gasteiger charge is 2.14. The lowest BCUT2D eigenvalue weighted by atomic mass is 10.2. The third-order valence-electron chi connectivity index (χ3n) is 4.08. The van der Waals surface area contributed by atoms with E-state index in [4.69, 9.17) is 21.1 Å². The van der Waals surface area contributed by atoms with Gasteiger partial charge in [0.05, 0.1) is 11.8 Å². The molecular weight excluding hydrogens is 484 g/mol. The molecule has 0 saturated heterocycles. The zero-order valence-corrected chi connectivity index (χ0v) is 18.8. The predicted octanol–water partition coefficient (Wildman–Crippen LogP) is 5.24. The number of carbonyl (C=O) groups excluding carboxylic acids is 2. The molecule has 0 aliphatic heterocycles. The fourth-order valence-corrected chi connectivity index (χ4v) is 2.84. The van der Waals surface area contributed by atoms with Crippen LogP contribution in [-0.2, 0) is 4.79 Å². The Kier molecular flexibility index (Phi) is 7.81. The normalized spacial score (nSPS) is 11.7. The Bertz CT molecular complexity index is 1090. The fraction of sp³-hybridized carbons (Fsp3) is 0.0870. The molecule has 0 aliphatic rings. The molecule has 0 heterocycles. The predicted molar refractivity (Wildman–Crippen MR) is 123 cm³/mol. The highest BCUT2D eigenvalue weighted by molar-refractivity contribution is 9.10. The second-order valence-electron chi connectivity index (χ2n) is 6.38. The van der Waals surface area contributed by atoms with E-state index in [-0.39, 0.29) is 0 Å². The van der Waals surface area contributed by atoms with Crippen LogP contribution in [0.25, 0.3) is 0 Å².